The number of fused-ring (bicyclic) bond motifs is 1. The van der Waals surface area contributed by atoms with Gasteiger partial charge in [0, 0.05) is 25.9 Å². The second-order valence-corrected chi connectivity index (χ2v) is 10.1. The van der Waals surface area contributed by atoms with E-state index in [-0.39, 0.29) is 24.7 Å². The second-order valence-electron chi connectivity index (χ2n) is 9.13. The molecule has 0 fully saturated rings. The lowest BCUT2D eigenvalue weighted by Crippen LogP contribution is -2.33. The Kier molecular flexibility index (Phi) is 13.1. The molecule has 2 aromatic rings. The van der Waals surface area contributed by atoms with Gasteiger partial charge in [-0.3, -0.25) is 13.9 Å². The summed E-state index contributed by atoms with van der Waals surface area (Å²) < 4.78 is 7.62. The number of rotatable bonds is 17. The average molecular weight is 490 g/mol. The minimum Gasteiger partial charge on any atom is -0.430 e. The van der Waals surface area contributed by atoms with Crippen LogP contribution in [0.3, 0.4) is 0 Å². The normalized spacial score (nSPS) is 13.1. The van der Waals surface area contributed by atoms with Crippen molar-refractivity contribution in [1.82, 2.24) is 14.6 Å². The van der Waals surface area contributed by atoms with Crippen molar-refractivity contribution < 1.29 is 14.0 Å². The Bertz CT molecular complexity index is 837. The summed E-state index contributed by atoms with van der Waals surface area (Å²) in [6, 6.07) is 7.61. The molecule has 1 aromatic carbocycles. The molecule has 2 atom stereocenters. The van der Waals surface area contributed by atoms with Crippen molar-refractivity contribution in [3.8, 4) is 0 Å². The zero-order chi connectivity index (χ0) is 24.8. The first-order chi connectivity index (χ1) is 16.5. The number of nitrogens with one attached hydrogen (secondary N) is 1. The molecule has 34 heavy (non-hydrogen) atoms. The van der Waals surface area contributed by atoms with Crippen LogP contribution in [-0.2, 0) is 9.59 Å². The summed E-state index contributed by atoms with van der Waals surface area (Å²) in [5.74, 6) is 0.830. The zero-order valence-electron chi connectivity index (χ0n) is 21.5. The molecule has 0 bridgehead atoms. The fraction of sp³-hybridized carbons (Fsp3) is 0.667. The van der Waals surface area contributed by atoms with E-state index in [1.165, 1.54) is 24.8 Å². The van der Waals surface area contributed by atoms with Gasteiger partial charge >= 0.3 is 0 Å². The number of carbonyl (C=O) groups is 2. The van der Waals surface area contributed by atoms with Gasteiger partial charge in [0.1, 0.15) is 5.52 Å². The maximum Gasteiger partial charge on any atom is 0.278 e. The topological polar surface area (TPSA) is 75.4 Å². The number of amides is 2. The van der Waals surface area contributed by atoms with Crippen molar-refractivity contribution in [2.45, 2.75) is 97.1 Å². The zero-order valence-corrected chi connectivity index (χ0v) is 22.3. The molecule has 7 heteroatoms. The quantitative estimate of drug-likeness (QED) is 0.242. The number of para-hydroxylation sites is 2. The molecule has 190 valence electrons. The van der Waals surface area contributed by atoms with Gasteiger partial charge in [-0.15, -0.1) is 0 Å². The molecule has 0 saturated carbocycles. The number of hydrogen-bond acceptors (Lipinski definition) is 5. The van der Waals surface area contributed by atoms with E-state index < -0.39 is 0 Å². The molecule has 1 aromatic heterocycles. The van der Waals surface area contributed by atoms with Crippen molar-refractivity contribution >= 4 is 34.9 Å². The SMILES string of the molecule is CCCCC(CC)CNC(=O)CCC(=O)N(CC(CC)CCCC)Sc1nc2ccccc2o1. The van der Waals surface area contributed by atoms with Crippen LogP contribution in [0.2, 0.25) is 0 Å². The first-order valence-electron chi connectivity index (χ1n) is 13.1. The maximum atomic E-state index is 13.2. The van der Waals surface area contributed by atoms with Crippen LogP contribution in [-0.4, -0.2) is 34.2 Å². The van der Waals surface area contributed by atoms with Crippen LogP contribution in [0, 0.1) is 11.8 Å². The highest BCUT2D eigenvalue weighted by Gasteiger charge is 2.23. The monoisotopic (exact) mass is 489 g/mol. The van der Waals surface area contributed by atoms with E-state index in [4.69, 9.17) is 4.42 Å². The van der Waals surface area contributed by atoms with Crippen LogP contribution >= 0.6 is 11.9 Å². The van der Waals surface area contributed by atoms with Gasteiger partial charge in [0.05, 0.1) is 11.9 Å². The summed E-state index contributed by atoms with van der Waals surface area (Å²) in [6.07, 6.45) is 9.33. The van der Waals surface area contributed by atoms with Crippen LogP contribution in [0.15, 0.2) is 33.9 Å². The Balaban J connectivity index is 1.97. The van der Waals surface area contributed by atoms with Crippen LogP contribution in [0.25, 0.3) is 11.1 Å². The molecular formula is C27H43N3O3S. The van der Waals surface area contributed by atoms with Crippen molar-refractivity contribution in [3.63, 3.8) is 0 Å². The summed E-state index contributed by atoms with van der Waals surface area (Å²) in [5, 5.41) is 3.50. The Morgan fingerprint density at radius 3 is 2.32 bits per heavy atom. The molecule has 0 radical (unpaired) electrons. The molecule has 6 nitrogen and oxygen atoms in total. The van der Waals surface area contributed by atoms with Crippen LogP contribution in [0.4, 0.5) is 0 Å². The van der Waals surface area contributed by atoms with Gasteiger partial charge in [0.25, 0.3) is 5.22 Å². The molecule has 0 aliphatic heterocycles. The number of benzene rings is 1. The van der Waals surface area contributed by atoms with E-state index in [1.54, 1.807) is 4.31 Å². The number of oxazole rings is 1. The minimum absolute atomic E-state index is 0.0459. The highest BCUT2D eigenvalue weighted by molar-refractivity contribution is 7.97. The number of aromatic nitrogens is 1. The molecule has 1 N–H and O–H groups in total. The Morgan fingerprint density at radius 2 is 1.68 bits per heavy atom. The van der Waals surface area contributed by atoms with Gasteiger partial charge in [-0.1, -0.05) is 78.4 Å². The van der Waals surface area contributed by atoms with Gasteiger partial charge in [-0.2, -0.15) is 0 Å². The molecule has 2 amide bonds. The fourth-order valence-electron chi connectivity index (χ4n) is 3.96. The number of carbonyl (C=O) groups excluding carboxylic acids is 2. The highest BCUT2D eigenvalue weighted by Crippen LogP contribution is 2.29. The number of hydrogen-bond donors (Lipinski definition) is 1. The second kappa shape index (κ2) is 15.8. The largest absolute Gasteiger partial charge is 0.430 e. The lowest BCUT2D eigenvalue weighted by Gasteiger charge is -2.25. The van der Waals surface area contributed by atoms with Crippen LogP contribution in [0.5, 0.6) is 0 Å². The van der Waals surface area contributed by atoms with Gasteiger partial charge in [0.15, 0.2) is 5.58 Å². The van der Waals surface area contributed by atoms with E-state index in [9.17, 15) is 9.59 Å². The molecule has 0 aliphatic carbocycles. The van der Waals surface area contributed by atoms with Gasteiger partial charge in [0.2, 0.25) is 11.8 Å². The summed E-state index contributed by atoms with van der Waals surface area (Å²) in [6.45, 7) is 10.0. The Labute approximate surface area is 209 Å². The first-order valence-corrected chi connectivity index (χ1v) is 13.9. The smallest absolute Gasteiger partial charge is 0.278 e. The van der Waals surface area contributed by atoms with E-state index >= 15 is 0 Å². The molecule has 2 rings (SSSR count). The third kappa shape index (κ3) is 9.69. The summed E-state index contributed by atoms with van der Waals surface area (Å²) in [4.78, 5) is 30.2. The summed E-state index contributed by atoms with van der Waals surface area (Å²) in [5.41, 5.74) is 1.49. The van der Waals surface area contributed by atoms with Gasteiger partial charge in [-0.05, 0) is 36.8 Å². The predicted octanol–water partition coefficient (Wildman–Crippen LogP) is 6.99. The maximum absolute atomic E-state index is 13.2. The third-order valence-corrected chi connectivity index (χ3v) is 7.31. The lowest BCUT2D eigenvalue weighted by atomic mass is 9.99. The van der Waals surface area contributed by atoms with Crippen molar-refractivity contribution in [3.05, 3.63) is 24.3 Å². The van der Waals surface area contributed by atoms with E-state index in [0.29, 0.717) is 35.7 Å². The molecule has 0 saturated heterocycles. The van der Waals surface area contributed by atoms with Crippen LogP contribution in [0.1, 0.15) is 91.9 Å². The first kappa shape index (κ1) is 28.2. The van der Waals surface area contributed by atoms with E-state index in [0.717, 1.165) is 44.0 Å². The van der Waals surface area contributed by atoms with Crippen molar-refractivity contribution in [2.24, 2.45) is 11.8 Å². The lowest BCUT2D eigenvalue weighted by molar-refractivity contribution is -0.130. The van der Waals surface area contributed by atoms with Gasteiger partial charge < -0.3 is 9.73 Å². The van der Waals surface area contributed by atoms with E-state index in [2.05, 4.69) is 38.0 Å². The summed E-state index contributed by atoms with van der Waals surface area (Å²) >= 11 is 1.26. The summed E-state index contributed by atoms with van der Waals surface area (Å²) in [7, 11) is 0. The van der Waals surface area contributed by atoms with E-state index in [1.807, 2.05) is 24.3 Å². The third-order valence-electron chi connectivity index (χ3n) is 6.41. The molecule has 1 heterocycles. The Morgan fingerprint density at radius 1 is 1.00 bits per heavy atom. The number of unbranched alkanes of at least 4 members (excludes halogenated alkanes) is 2. The number of nitrogens with zero attached hydrogens (tertiary/aromatic N) is 2. The molecule has 0 aliphatic rings. The van der Waals surface area contributed by atoms with Crippen molar-refractivity contribution in [1.29, 1.82) is 0 Å². The predicted molar refractivity (Wildman–Crippen MR) is 140 cm³/mol. The standard InChI is InChI=1S/C27H43N3O3S/c1-5-9-13-21(7-3)19-28-25(31)17-18-26(32)30(20-22(8-4)14-10-6-2)34-27-29-23-15-11-12-16-24(23)33-27/h11-12,15-16,21-22H,5-10,13-14,17-20H2,1-4H3,(H,28,31). The molecule has 2 unspecified atom stereocenters. The molecule has 0 spiro atoms. The average Bonchev–Trinajstić information content (AvgIpc) is 3.27. The van der Waals surface area contributed by atoms with Crippen molar-refractivity contribution in [2.75, 3.05) is 13.1 Å². The molecular weight excluding hydrogens is 446 g/mol. The Hall–Kier alpha value is -2.02. The highest BCUT2D eigenvalue weighted by atomic mass is 32.2. The van der Waals surface area contributed by atoms with Crippen LogP contribution < -0.4 is 5.32 Å². The fourth-order valence-corrected chi connectivity index (χ4v) is 4.89. The minimum atomic E-state index is -0.0480. The van der Waals surface area contributed by atoms with Gasteiger partial charge in [-0.25, -0.2) is 4.98 Å².